The van der Waals surface area contributed by atoms with Crippen LogP contribution in [0.5, 0.6) is 5.75 Å². The number of nitrogens with zero attached hydrogens (tertiary/aromatic N) is 2. The van der Waals surface area contributed by atoms with Gasteiger partial charge in [0, 0.05) is 12.7 Å². The van der Waals surface area contributed by atoms with Crippen molar-refractivity contribution in [1.29, 1.82) is 0 Å². The fraction of sp³-hybridized carbons (Fsp3) is 0.478. The second-order valence-electron chi connectivity index (χ2n) is 6.77. The zero-order valence-corrected chi connectivity index (χ0v) is 16.7. The molecular weight excluding hydrogens is 336 g/mol. The Morgan fingerprint density at radius 1 is 1.19 bits per heavy atom. The van der Waals surface area contributed by atoms with Crippen LogP contribution in [0.1, 0.15) is 58.1 Å². The SMILES string of the molecule is C=CCOc1ccc2nc(C=CCCCC(C)OCCCCC)cnc2c1. The van der Waals surface area contributed by atoms with Crippen molar-refractivity contribution in [3.8, 4) is 5.75 Å². The number of ether oxygens (including phenoxy) is 2. The first-order chi connectivity index (χ1) is 13.2. The summed E-state index contributed by atoms with van der Waals surface area (Å²) in [6, 6.07) is 5.76. The highest BCUT2D eigenvalue weighted by molar-refractivity contribution is 5.76. The Balaban J connectivity index is 1.76. The van der Waals surface area contributed by atoms with Gasteiger partial charge in [0.2, 0.25) is 0 Å². The molecule has 0 bridgehead atoms. The number of aromatic nitrogens is 2. The van der Waals surface area contributed by atoms with Gasteiger partial charge in [0.05, 0.1) is 29.0 Å². The van der Waals surface area contributed by atoms with Gasteiger partial charge in [-0.05, 0) is 50.8 Å². The molecule has 0 aliphatic carbocycles. The lowest BCUT2D eigenvalue weighted by Crippen LogP contribution is -2.08. The molecular formula is C23H32N2O2. The van der Waals surface area contributed by atoms with Crippen molar-refractivity contribution < 1.29 is 9.47 Å². The quantitative estimate of drug-likeness (QED) is 0.322. The van der Waals surface area contributed by atoms with Crippen LogP contribution >= 0.6 is 0 Å². The van der Waals surface area contributed by atoms with Gasteiger partial charge in [-0.2, -0.15) is 0 Å². The molecule has 1 aromatic carbocycles. The third-order valence-corrected chi connectivity index (χ3v) is 4.32. The van der Waals surface area contributed by atoms with E-state index in [0.29, 0.717) is 12.7 Å². The first kappa shape index (κ1) is 21.1. The van der Waals surface area contributed by atoms with Crippen LogP contribution < -0.4 is 4.74 Å². The molecule has 1 aromatic heterocycles. The average Bonchev–Trinajstić information content (AvgIpc) is 2.69. The van der Waals surface area contributed by atoms with Gasteiger partial charge in [0.1, 0.15) is 12.4 Å². The van der Waals surface area contributed by atoms with E-state index < -0.39 is 0 Å². The average molecular weight is 369 g/mol. The Labute approximate surface area is 163 Å². The second kappa shape index (κ2) is 12.2. The van der Waals surface area contributed by atoms with Crippen LogP contribution in [0.25, 0.3) is 17.1 Å². The lowest BCUT2D eigenvalue weighted by atomic mass is 10.1. The minimum atomic E-state index is 0.341. The summed E-state index contributed by atoms with van der Waals surface area (Å²) in [4.78, 5) is 9.12. The van der Waals surface area contributed by atoms with E-state index in [1.54, 1.807) is 12.3 Å². The summed E-state index contributed by atoms with van der Waals surface area (Å²) in [5, 5.41) is 0. The molecule has 0 aliphatic rings. The number of hydrogen-bond acceptors (Lipinski definition) is 4. The largest absolute Gasteiger partial charge is 0.489 e. The van der Waals surface area contributed by atoms with Crippen LogP contribution in [0, 0.1) is 0 Å². The van der Waals surface area contributed by atoms with Crippen molar-refractivity contribution in [1.82, 2.24) is 9.97 Å². The van der Waals surface area contributed by atoms with Crippen molar-refractivity contribution >= 4 is 17.1 Å². The summed E-state index contributed by atoms with van der Waals surface area (Å²) in [6.45, 7) is 9.41. The molecule has 0 amide bonds. The van der Waals surface area contributed by atoms with Crippen molar-refractivity contribution in [2.45, 2.75) is 58.5 Å². The number of rotatable bonds is 13. The molecule has 2 rings (SSSR count). The van der Waals surface area contributed by atoms with Crippen LogP contribution in [0.2, 0.25) is 0 Å². The normalized spacial score (nSPS) is 12.5. The van der Waals surface area contributed by atoms with Crippen LogP contribution in [0.4, 0.5) is 0 Å². The van der Waals surface area contributed by atoms with Gasteiger partial charge in [-0.3, -0.25) is 4.98 Å². The fourth-order valence-corrected chi connectivity index (χ4v) is 2.78. The lowest BCUT2D eigenvalue weighted by molar-refractivity contribution is 0.0566. The first-order valence-electron chi connectivity index (χ1n) is 10.0. The third kappa shape index (κ3) is 7.92. The van der Waals surface area contributed by atoms with E-state index in [2.05, 4.69) is 36.5 Å². The topological polar surface area (TPSA) is 44.2 Å². The number of fused-ring (bicyclic) bond motifs is 1. The highest BCUT2D eigenvalue weighted by Gasteiger charge is 2.02. The molecule has 2 aromatic rings. The molecule has 146 valence electrons. The molecule has 0 spiro atoms. The van der Waals surface area contributed by atoms with Gasteiger partial charge >= 0.3 is 0 Å². The van der Waals surface area contributed by atoms with Gasteiger partial charge in [-0.1, -0.05) is 38.5 Å². The lowest BCUT2D eigenvalue weighted by Gasteiger charge is -2.11. The van der Waals surface area contributed by atoms with Crippen LogP contribution in [0.15, 0.2) is 43.1 Å². The molecule has 1 unspecified atom stereocenters. The third-order valence-electron chi connectivity index (χ3n) is 4.32. The molecule has 4 nitrogen and oxygen atoms in total. The molecule has 0 radical (unpaired) electrons. The maximum Gasteiger partial charge on any atom is 0.122 e. The zero-order chi connectivity index (χ0) is 19.3. The Hall–Kier alpha value is -2.20. The Morgan fingerprint density at radius 3 is 2.89 bits per heavy atom. The monoisotopic (exact) mass is 368 g/mol. The predicted octanol–water partition coefficient (Wildman–Crippen LogP) is 5.97. The maximum atomic E-state index is 5.83. The van der Waals surface area contributed by atoms with Gasteiger partial charge in [0.25, 0.3) is 0 Å². The summed E-state index contributed by atoms with van der Waals surface area (Å²) in [7, 11) is 0. The molecule has 27 heavy (non-hydrogen) atoms. The standard InChI is InChI=1S/C23H32N2O2/c1-4-6-10-16-26-19(3)11-8-7-9-12-20-18-24-23-17-21(27-15-5-2)13-14-22(23)25-20/h5,9,12-14,17-19H,2,4,6-8,10-11,15-16H2,1,3H3. The van der Waals surface area contributed by atoms with Crippen molar-refractivity contribution in [2.24, 2.45) is 0 Å². The summed E-state index contributed by atoms with van der Waals surface area (Å²) < 4.78 is 11.4. The van der Waals surface area contributed by atoms with Crippen molar-refractivity contribution in [3.05, 3.63) is 48.8 Å². The maximum absolute atomic E-state index is 5.83. The molecule has 1 atom stereocenters. The van der Waals surface area contributed by atoms with E-state index in [1.165, 1.54) is 19.3 Å². The molecule has 0 N–H and O–H groups in total. The molecule has 0 saturated carbocycles. The molecule has 0 aliphatic heterocycles. The van der Waals surface area contributed by atoms with Gasteiger partial charge in [-0.25, -0.2) is 4.98 Å². The number of allylic oxidation sites excluding steroid dienone is 1. The van der Waals surface area contributed by atoms with Crippen LogP contribution in [-0.2, 0) is 4.74 Å². The first-order valence-corrected chi connectivity index (χ1v) is 10.0. The Bertz CT molecular complexity index is 727. The number of hydrogen-bond donors (Lipinski definition) is 0. The van der Waals surface area contributed by atoms with Gasteiger partial charge in [-0.15, -0.1) is 0 Å². The van der Waals surface area contributed by atoms with E-state index in [1.807, 2.05) is 24.3 Å². The van der Waals surface area contributed by atoms with Crippen molar-refractivity contribution in [3.63, 3.8) is 0 Å². The van der Waals surface area contributed by atoms with Crippen LogP contribution in [-0.4, -0.2) is 29.3 Å². The Morgan fingerprint density at radius 2 is 2.07 bits per heavy atom. The smallest absolute Gasteiger partial charge is 0.122 e. The van der Waals surface area contributed by atoms with E-state index in [0.717, 1.165) is 48.3 Å². The molecule has 0 saturated heterocycles. The van der Waals surface area contributed by atoms with E-state index in [-0.39, 0.29) is 0 Å². The highest BCUT2D eigenvalue weighted by Crippen LogP contribution is 2.18. The minimum absolute atomic E-state index is 0.341. The number of benzene rings is 1. The summed E-state index contributed by atoms with van der Waals surface area (Å²) >= 11 is 0. The fourth-order valence-electron chi connectivity index (χ4n) is 2.78. The van der Waals surface area contributed by atoms with Crippen molar-refractivity contribution in [2.75, 3.05) is 13.2 Å². The molecule has 4 heteroatoms. The van der Waals surface area contributed by atoms with E-state index >= 15 is 0 Å². The van der Waals surface area contributed by atoms with E-state index in [9.17, 15) is 0 Å². The molecule has 0 fully saturated rings. The number of unbranched alkanes of at least 4 members (excludes halogenated alkanes) is 3. The summed E-state index contributed by atoms with van der Waals surface area (Å²) in [6.07, 6.45) is 15.0. The predicted molar refractivity (Wildman–Crippen MR) is 113 cm³/mol. The minimum Gasteiger partial charge on any atom is -0.489 e. The molecule has 1 heterocycles. The highest BCUT2D eigenvalue weighted by atomic mass is 16.5. The Kier molecular flexibility index (Phi) is 9.56. The van der Waals surface area contributed by atoms with E-state index in [4.69, 9.17) is 9.47 Å². The van der Waals surface area contributed by atoms with Crippen LogP contribution in [0.3, 0.4) is 0 Å². The summed E-state index contributed by atoms with van der Waals surface area (Å²) in [5.74, 6) is 0.783. The van der Waals surface area contributed by atoms with Gasteiger partial charge < -0.3 is 9.47 Å². The summed E-state index contributed by atoms with van der Waals surface area (Å²) in [5.41, 5.74) is 2.59. The second-order valence-corrected chi connectivity index (χ2v) is 6.77. The zero-order valence-electron chi connectivity index (χ0n) is 16.7. The van der Waals surface area contributed by atoms with Gasteiger partial charge in [0.15, 0.2) is 0 Å².